The third kappa shape index (κ3) is 4.46. The lowest BCUT2D eigenvalue weighted by Crippen LogP contribution is -2.37. The number of halogens is 1. The summed E-state index contributed by atoms with van der Waals surface area (Å²) in [5.41, 5.74) is 0. The molecule has 1 fully saturated rings. The van der Waals surface area contributed by atoms with E-state index in [0.29, 0.717) is 19.5 Å². The number of hydrogen-bond acceptors (Lipinski definition) is 3. The summed E-state index contributed by atoms with van der Waals surface area (Å²) < 4.78 is 17.6. The molecule has 5 heteroatoms. The summed E-state index contributed by atoms with van der Waals surface area (Å²) in [5.74, 6) is 0. The van der Waals surface area contributed by atoms with Gasteiger partial charge in [-0.2, -0.15) is 0 Å². The van der Waals surface area contributed by atoms with Crippen molar-refractivity contribution in [3.05, 3.63) is 0 Å². The minimum atomic E-state index is -1.59. The number of ether oxygens (including phenoxy) is 1. The van der Waals surface area contributed by atoms with Crippen molar-refractivity contribution < 1.29 is 19.0 Å². The van der Waals surface area contributed by atoms with Gasteiger partial charge in [-0.3, -0.25) is 0 Å². The Morgan fingerprint density at radius 2 is 2.07 bits per heavy atom. The Hall–Kier alpha value is -0.840. The van der Waals surface area contributed by atoms with E-state index >= 15 is 0 Å². The summed E-state index contributed by atoms with van der Waals surface area (Å²) in [6, 6.07) is 0. The van der Waals surface area contributed by atoms with E-state index in [2.05, 4.69) is 4.74 Å². The molecule has 4 nitrogen and oxygen atoms in total. The maximum atomic E-state index is 13.0. The van der Waals surface area contributed by atoms with Crippen molar-refractivity contribution in [2.75, 3.05) is 19.7 Å². The molecule has 0 aliphatic carbocycles. The Balaban J connectivity index is 2.21. The van der Waals surface area contributed by atoms with Gasteiger partial charge in [0.05, 0.1) is 0 Å². The molecule has 0 aromatic carbocycles. The Bertz CT molecular complexity index is 195. The van der Waals surface area contributed by atoms with Gasteiger partial charge in [-0.05, 0) is 25.7 Å². The molecule has 0 saturated carbocycles. The summed E-state index contributed by atoms with van der Waals surface area (Å²) in [5, 5.41) is 8.48. The first kappa shape index (κ1) is 12.2. The quantitative estimate of drug-likeness (QED) is 0.782. The lowest BCUT2D eigenvalue weighted by atomic mass is 10.1. The molecule has 1 aliphatic heterocycles. The lowest BCUT2D eigenvalue weighted by Gasteiger charge is -2.26. The molecule has 0 aromatic heterocycles. The Morgan fingerprint density at radius 1 is 1.40 bits per heavy atom. The highest BCUT2D eigenvalue weighted by Crippen LogP contribution is 2.12. The number of nitrogens with zero attached hydrogens (tertiary/aromatic N) is 1. The van der Waals surface area contributed by atoms with Gasteiger partial charge in [0, 0.05) is 26.1 Å². The smallest absolute Gasteiger partial charge is 0.412 e. The van der Waals surface area contributed by atoms with Crippen molar-refractivity contribution in [2.45, 2.75) is 38.5 Å². The number of aliphatic hydroxyl groups excluding tert-OH is 1. The van der Waals surface area contributed by atoms with Crippen LogP contribution in [0.15, 0.2) is 0 Å². The highest BCUT2D eigenvalue weighted by Gasteiger charge is 2.20. The van der Waals surface area contributed by atoms with Crippen LogP contribution in [0, 0.1) is 0 Å². The van der Waals surface area contributed by atoms with Gasteiger partial charge in [0.15, 0.2) is 0 Å². The third-order valence-electron chi connectivity index (χ3n) is 2.43. The molecule has 1 N–H and O–H groups in total. The number of rotatable bonds is 4. The second kappa shape index (κ2) is 6.61. The van der Waals surface area contributed by atoms with Gasteiger partial charge >= 0.3 is 6.09 Å². The minimum Gasteiger partial charge on any atom is -0.415 e. The van der Waals surface area contributed by atoms with Crippen LogP contribution in [-0.4, -0.2) is 42.2 Å². The molecule has 1 saturated heterocycles. The number of alkyl halides is 1. The van der Waals surface area contributed by atoms with Gasteiger partial charge in [-0.1, -0.05) is 0 Å². The van der Waals surface area contributed by atoms with Crippen LogP contribution in [0.2, 0.25) is 0 Å². The van der Waals surface area contributed by atoms with E-state index < -0.39 is 12.5 Å². The van der Waals surface area contributed by atoms with Crippen LogP contribution in [0.4, 0.5) is 9.18 Å². The molecule has 0 aromatic rings. The largest absolute Gasteiger partial charge is 0.415 e. The van der Waals surface area contributed by atoms with Gasteiger partial charge in [0.2, 0.25) is 6.36 Å². The summed E-state index contributed by atoms with van der Waals surface area (Å²) >= 11 is 0. The summed E-state index contributed by atoms with van der Waals surface area (Å²) in [6.07, 6.45) is 1.26. The predicted octanol–water partition coefficient (Wildman–Crippen LogP) is 1.68. The van der Waals surface area contributed by atoms with Crippen LogP contribution in [0.3, 0.4) is 0 Å². The minimum absolute atomic E-state index is 0.0656. The Kier molecular flexibility index (Phi) is 5.39. The molecule has 1 rings (SSSR count). The standard InChI is InChI=1S/C10H18FNO3/c11-9(5-4-8-13)15-10(14)12-6-2-1-3-7-12/h9,13H,1-8H2. The Morgan fingerprint density at radius 3 is 2.67 bits per heavy atom. The Labute approximate surface area is 89.0 Å². The highest BCUT2D eigenvalue weighted by molar-refractivity contribution is 5.67. The van der Waals surface area contributed by atoms with Gasteiger partial charge in [-0.25, -0.2) is 9.18 Å². The van der Waals surface area contributed by atoms with Gasteiger partial charge in [0.1, 0.15) is 0 Å². The monoisotopic (exact) mass is 219 g/mol. The average Bonchev–Trinajstić information content (AvgIpc) is 2.27. The summed E-state index contributed by atoms with van der Waals surface area (Å²) in [7, 11) is 0. The number of piperidine rings is 1. The number of amides is 1. The molecule has 1 atom stereocenters. The van der Waals surface area contributed by atoms with Crippen LogP contribution in [0.5, 0.6) is 0 Å². The SMILES string of the molecule is O=C(OC(F)CCCO)N1CCCCC1. The summed E-state index contributed by atoms with van der Waals surface area (Å²) in [4.78, 5) is 12.9. The van der Waals surface area contributed by atoms with Crippen LogP contribution >= 0.6 is 0 Å². The second-order valence-electron chi connectivity index (χ2n) is 3.71. The van der Waals surface area contributed by atoms with Crippen molar-refractivity contribution in [1.29, 1.82) is 0 Å². The first-order chi connectivity index (χ1) is 7.24. The molecule has 0 radical (unpaired) electrons. The molecule has 1 unspecified atom stereocenters. The van der Waals surface area contributed by atoms with Gasteiger partial charge in [-0.15, -0.1) is 0 Å². The fraction of sp³-hybridized carbons (Fsp3) is 0.900. The van der Waals surface area contributed by atoms with Gasteiger partial charge in [0.25, 0.3) is 0 Å². The normalized spacial score (nSPS) is 18.7. The maximum Gasteiger partial charge on any atom is 0.412 e. The molecular weight excluding hydrogens is 201 g/mol. The van der Waals surface area contributed by atoms with Crippen molar-refractivity contribution in [3.63, 3.8) is 0 Å². The predicted molar refractivity (Wildman–Crippen MR) is 53.1 cm³/mol. The number of likely N-dealkylation sites (tertiary alicyclic amines) is 1. The zero-order valence-electron chi connectivity index (χ0n) is 8.82. The molecule has 88 valence electrons. The fourth-order valence-electron chi connectivity index (χ4n) is 1.57. The number of carbonyl (C=O) groups is 1. The van der Waals surface area contributed by atoms with Crippen LogP contribution in [0.25, 0.3) is 0 Å². The van der Waals surface area contributed by atoms with Crippen molar-refractivity contribution >= 4 is 6.09 Å². The second-order valence-corrected chi connectivity index (χ2v) is 3.71. The molecule has 1 aliphatic rings. The van der Waals surface area contributed by atoms with E-state index in [-0.39, 0.29) is 13.0 Å². The molecule has 0 spiro atoms. The first-order valence-corrected chi connectivity index (χ1v) is 5.44. The topological polar surface area (TPSA) is 49.8 Å². The first-order valence-electron chi connectivity index (χ1n) is 5.44. The summed E-state index contributed by atoms with van der Waals surface area (Å²) in [6.45, 7) is 1.23. The number of aliphatic hydroxyl groups is 1. The van der Waals surface area contributed by atoms with E-state index in [9.17, 15) is 9.18 Å². The van der Waals surface area contributed by atoms with Crippen molar-refractivity contribution in [2.24, 2.45) is 0 Å². The third-order valence-corrected chi connectivity index (χ3v) is 2.43. The molecule has 1 amide bonds. The van der Waals surface area contributed by atoms with Gasteiger partial charge < -0.3 is 14.7 Å². The zero-order chi connectivity index (χ0) is 11.1. The zero-order valence-corrected chi connectivity index (χ0v) is 8.82. The molecule has 15 heavy (non-hydrogen) atoms. The van der Waals surface area contributed by atoms with Crippen LogP contribution in [0.1, 0.15) is 32.1 Å². The number of hydrogen-bond donors (Lipinski definition) is 1. The van der Waals surface area contributed by atoms with E-state index in [0.717, 1.165) is 19.3 Å². The van der Waals surface area contributed by atoms with E-state index in [1.165, 1.54) is 4.90 Å². The van der Waals surface area contributed by atoms with Crippen molar-refractivity contribution in [3.8, 4) is 0 Å². The number of carbonyl (C=O) groups excluding carboxylic acids is 1. The lowest BCUT2D eigenvalue weighted by molar-refractivity contribution is -0.0159. The van der Waals surface area contributed by atoms with E-state index in [4.69, 9.17) is 5.11 Å². The highest BCUT2D eigenvalue weighted by atomic mass is 19.1. The fourth-order valence-corrected chi connectivity index (χ4v) is 1.57. The molecule has 1 heterocycles. The van der Waals surface area contributed by atoms with Crippen LogP contribution in [-0.2, 0) is 4.74 Å². The average molecular weight is 219 g/mol. The van der Waals surface area contributed by atoms with Crippen molar-refractivity contribution in [1.82, 2.24) is 4.90 Å². The van der Waals surface area contributed by atoms with E-state index in [1.807, 2.05) is 0 Å². The van der Waals surface area contributed by atoms with E-state index in [1.54, 1.807) is 0 Å². The maximum absolute atomic E-state index is 13.0. The molecule has 0 bridgehead atoms. The molecular formula is C10H18FNO3. The van der Waals surface area contributed by atoms with Crippen LogP contribution < -0.4 is 0 Å².